The lowest BCUT2D eigenvalue weighted by Crippen LogP contribution is -2.32. The zero-order valence-electron chi connectivity index (χ0n) is 19.0. The minimum absolute atomic E-state index is 0.0565. The summed E-state index contributed by atoms with van der Waals surface area (Å²) in [5.74, 6) is 0.712. The van der Waals surface area contributed by atoms with E-state index < -0.39 is 6.04 Å². The summed E-state index contributed by atoms with van der Waals surface area (Å²) in [6, 6.07) is 13.3. The van der Waals surface area contributed by atoms with Crippen LogP contribution in [0.1, 0.15) is 53.1 Å². The molecule has 164 valence electrons. The summed E-state index contributed by atoms with van der Waals surface area (Å²) in [6.07, 6.45) is 3.37. The fourth-order valence-corrected chi connectivity index (χ4v) is 3.88. The molecule has 0 saturated heterocycles. The van der Waals surface area contributed by atoms with Crippen molar-refractivity contribution in [1.82, 2.24) is 25.0 Å². The van der Waals surface area contributed by atoms with Gasteiger partial charge in [-0.1, -0.05) is 37.2 Å². The number of para-hydroxylation sites is 1. The minimum Gasteiger partial charge on any atom is -0.340 e. The van der Waals surface area contributed by atoms with Crippen LogP contribution < -0.4 is 5.32 Å². The number of nitrogens with zero attached hydrogens (tertiary/aromatic N) is 4. The Hall–Kier alpha value is -3.74. The Morgan fingerprint density at radius 1 is 1.09 bits per heavy atom. The number of nitrogens with one attached hydrogen (secondary N) is 1. The van der Waals surface area contributed by atoms with Crippen molar-refractivity contribution >= 4 is 5.91 Å². The van der Waals surface area contributed by atoms with Crippen LogP contribution in [0.15, 0.2) is 59.4 Å². The van der Waals surface area contributed by atoms with E-state index >= 15 is 0 Å². The van der Waals surface area contributed by atoms with Crippen LogP contribution in [0.3, 0.4) is 0 Å². The number of hydrogen-bond acceptors (Lipinski definition) is 5. The summed E-state index contributed by atoms with van der Waals surface area (Å²) in [5, 5.41) is 7.17. The van der Waals surface area contributed by atoms with Crippen molar-refractivity contribution in [1.29, 1.82) is 0 Å². The van der Waals surface area contributed by atoms with Crippen LogP contribution in [0.2, 0.25) is 0 Å². The van der Waals surface area contributed by atoms with Gasteiger partial charge in [-0.3, -0.25) is 9.78 Å². The highest BCUT2D eigenvalue weighted by Gasteiger charge is 2.27. The van der Waals surface area contributed by atoms with Crippen molar-refractivity contribution in [3.63, 3.8) is 0 Å². The minimum atomic E-state index is -0.415. The number of hydrogen-bond donors (Lipinski definition) is 1. The molecule has 1 unspecified atom stereocenters. The van der Waals surface area contributed by atoms with Crippen molar-refractivity contribution in [2.45, 2.75) is 40.7 Å². The quantitative estimate of drug-likeness (QED) is 0.467. The summed E-state index contributed by atoms with van der Waals surface area (Å²) < 4.78 is 7.63. The van der Waals surface area contributed by atoms with Gasteiger partial charge >= 0.3 is 0 Å². The second kappa shape index (κ2) is 8.78. The Balaban J connectivity index is 1.62. The molecular formula is C25H27N5O2. The molecule has 1 amide bonds. The number of pyridine rings is 1. The predicted molar refractivity (Wildman–Crippen MR) is 123 cm³/mol. The van der Waals surface area contributed by atoms with Gasteiger partial charge in [-0.25, -0.2) is 0 Å². The van der Waals surface area contributed by atoms with Crippen LogP contribution in [0.5, 0.6) is 0 Å². The molecule has 1 N–H and O–H groups in total. The highest BCUT2D eigenvalue weighted by molar-refractivity contribution is 5.96. The van der Waals surface area contributed by atoms with Gasteiger partial charge in [0.2, 0.25) is 11.7 Å². The molecule has 0 radical (unpaired) electrons. The molecule has 0 bridgehead atoms. The van der Waals surface area contributed by atoms with Gasteiger partial charge in [0.25, 0.3) is 5.91 Å². The Morgan fingerprint density at radius 3 is 2.56 bits per heavy atom. The first-order valence-electron chi connectivity index (χ1n) is 10.7. The fourth-order valence-electron chi connectivity index (χ4n) is 3.88. The summed E-state index contributed by atoms with van der Waals surface area (Å²) in [5.41, 5.74) is 5.50. The van der Waals surface area contributed by atoms with E-state index in [0.717, 1.165) is 28.2 Å². The molecule has 3 aromatic heterocycles. The highest BCUT2D eigenvalue weighted by atomic mass is 16.5. The summed E-state index contributed by atoms with van der Waals surface area (Å²) in [6.45, 7) is 10.1. The van der Waals surface area contributed by atoms with Gasteiger partial charge in [0.05, 0.1) is 5.56 Å². The molecule has 0 aliphatic rings. The molecule has 3 heterocycles. The number of aryl methyl sites for hydroxylation is 2. The molecule has 4 aromatic rings. The van der Waals surface area contributed by atoms with Crippen molar-refractivity contribution in [2.24, 2.45) is 5.92 Å². The van der Waals surface area contributed by atoms with Crippen LogP contribution in [-0.4, -0.2) is 25.6 Å². The molecule has 0 aliphatic carbocycles. The van der Waals surface area contributed by atoms with Crippen LogP contribution in [0.4, 0.5) is 0 Å². The van der Waals surface area contributed by atoms with E-state index in [4.69, 9.17) is 4.52 Å². The predicted octanol–water partition coefficient (Wildman–Crippen LogP) is 4.97. The van der Waals surface area contributed by atoms with E-state index in [9.17, 15) is 4.79 Å². The molecule has 0 saturated carbocycles. The third-order valence-corrected chi connectivity index (χ3v) is 5.61. The first-order chi connectivity index (χ1) is 15.4. The molecule has 1 atom stereocenters. The molecule has 7 nitrogen and oxygen atoms in total. The van der Waals surface area contributed by atoms with Gasteiger partial charge in [0, 0.05) is 35.0 Å². The second-order valence-electron chi connectivity index (χ2n) is 8.30. The maximum Gasteiger partial charge on any atom is 0.253 e. The van der Waals surface area contributed by atoms with Crippen LogP contribution in [0.25, 0.3) is 17.1 Å². The monoisotopic (exact) mass is 429 g/mol. The van der Waals surface area contributed by atoms with Crippen molar-refractivity contribution in [2.75, 3.05) is 0 Å². The van der Waals surface area contributed by atoms with E-state index in [1.807, 2.05) is 58.0 Å². The standard InChI is InChI=1S/C25H27N5O2/c1-15(2)22(25-28-23(29-32-25)19-10-8-12-26-14-19)27-24(31)20-13-17(4)30(18(20)5)21-11-7-6-9-16(21)3/h6-15,22H,1-5H3,(H,27,31). The number of benzene rings is 1. The van der Waals surface area contributed by atoms with Crippen LogP contribution >= 0.6 is 0 Å². The van der Waals surface area contributed by atoms with E-state index in [1.165, 1.54) is 0 Å². The van der Waals surface area contributed by atoms with E-state index in [2.05, 4.69) is 44.1 Å². The summed E-state index contributed by atoms with van der Waals surface area (Å²) >= 11 is 0. The Kier molecular flexibility index (Phi) is 5.90. The van der Waals surface area contributed by atoms with Gasteiger partial charge < -0.3 is 14.4 Å². The van der Waals surface area contributed by atoms with Gasteiger partial charge in [-0.15, -0.1) is 0 Å². The average Bonchev–Trinajstić information content (AvgIpc) is 3.38. The molecule has 0 aliphatic heterocycles. The molecule has 0 spiro atoms. The molecule has 1 aromatic carbocycles. The molecular weight excluding hydrogens is 402 g/mol. The van der Waals surface area contributed by atoms with Gasteiger partial charge in [-0.05, 0) is 56.5 Å². The normalized spacial score (nSPS) is 12.2. The van der Waals surface area contributed by atoms with Gasteiger partial charge in [0.15, 0.2) is 0 Å². The van der Waals surface area contributed by atoms with Gasteiger partial charge in [-0.2, -0.15) is 4.98 Å². The van der Waals surface area contributed by atoms with E-state index in [1.54, 1.807) is 12.4 Å². The third kappa shape index (κ3) is 4.06. The second-order valence-corrected chi connectivity index (χ2v) is 8.30. The average molecular weight is 430 g/mol. The van der Waals surface area contributed by atoms with Crippen molar-refractivity contribution < 1.29 is 9.32 Å². The topological polar surface area (TPSA) is 85.8 Å². The van der Waals surface area contributed by atoms with Crippen LogP contribution in [0, 0.1) is 26.7 Å². The SMILES string of the molecule is Cc1ccccc1-n1c(C)cc(C(=O)NC(c2nc(-c3cccnc3)no2)C(C)C)c1C. The molecule has 4 rings (SSSR count). The number of carbonyl (C=O) groups excluding carboxylic acids is 1. The Bertz CT molecular complexity index is 1240. The number of amides is 1. The maximum atomic E-state index is 13.3. The zero-order chi connectivity index (χ0) is 22.8. The lowest BCUT2D eigenvalue weighted by Gasteiger charge is -2.18. The van der Waals surface area contributed by atoms with Crippen molar-refractivity contribution in [3.8, 4) is 17.1 Å². The van der Waals surface area contributed by atoms with Crippen molar-refractivity contribution in [3.05, 3.63) is 83.3 Å². The van der Waals surface area contributed by atoms with E-state index in [-0.39, 0.29) is 11.8 Å². The molecule has 0 fully saturated rings. The number of carbonyl (C=O) groups is 1. The van der Waals surface area contributed by atoms with E-state index in [0.29, 0.717) is 17.3 Å². The summed E-state index contributed by atoms with van der Waals surface area (Å²) in [7, 11) is 0. The fraction of sp³-hybridized carbons (Fsp3) is 0.280. The number of rotatable bonds is 6. The molecule has 7 heteroatoms. The van der Waals surface area contributed by atoms with Gasteiger partial charge in [0.1, 0.15) is 6.04 Å². The van der Waals surface area contributed by atoms with Crippen LogP contribution in [-0.2, 0) is 0 Å². The lowest BCUT2D eigenvalue weighted by atomic mass is 10.0. The first-order valence-corrected chi connectivity index (χ1v) is 10.7. The Morgan fingerprint density at radius 2 is 1.88 bits per heavy atom. The lowest BCUT2D eigenvalue weighted by molar-refractivity contribution is 0.0913. The highest BCUT2D eigenvalue weighted by Crippen LogP contribution is 2.26. The number of aromatic nitrogens is 4. The smallest absolute Gasteiger partial charge is 0.253 e. The zero-order valence-corrected chi connectivity index (χ0v) is 19.0. The third-order valence-electron chi connectivity index (χ3n) is 5.61. The molecule has 32 heavy (non-hydrogen) atoms. The summed E-state index contributed by atoms with van der Waals surface area (Å²) in [4.78, 5) is 21.9. The first kappa shape index (κ1) is 21.5. The largest absolute Gasteiger partial charge is 0.340 e. The Labute approximate surface area is 187 Å². The maximum absolute atomic E-state index is 13.3.